The van der Waals surface area contributed by atoms with Crippen molar-refractivity contribution in [3.05, 3.63) is 30.0 Å². The van der Waals surface area contributed by atoms with Crippen molar-refractivity contribution in [2.24, 2.45) is 0 Å². The molecule has 7 nitrogen and oxygen atoms in total. The molecule has 26 heavy (non-hydrogen) atoms. The van der Waals surface area contributed by atoms with Crippen LogP contribution < -0.4 is 19.7 Å². The highest BCUT2D eigenvalue weighted by molar-refractivity contribution is 5.91. The molecule has 0 amide bonds. The third-order valence-electron chi connectivity index (χ3n) is 4.80. The first-order chi connectivity index (χ1) is 12.8. The van der Waals surface area contributed by atoms with E-state index in [-0.39, 0.29) is 0 Å². The lowest BCUT2D eigenvalue weighted by Gasteiger charge is -2.20. The van der Waals surface area contributed by atoms with Crippen LogP contribution in [0.5, 0.6) is 11.5 Å². The zero-order chi connectivity index (χ0) is 17.5. The summed E-state index contributed by atoms with van der Waals surface area (Å²) in [7, 11) is 0. The van der Waals surface area contributed by atoms with Crippen LogP contribution in [0.3, 0.4) is 0 Å². The first kappa shape index (κ1) is 15.3. The van der Waals surface area contributed by atoms with Crippen LogP contribution in [0.1, 0.15) is 18.5 Å². The molecule has 134 valence electrons. The van der Waals surface area contributed by atoms with Crippen molar-refractivity contribution < 1.29 is 9.47 Å². The van der Waals surface area contributed by atoms with Crippen molar-refractivity contribution in [3.63, 3.8) is 0 Å². The normalized spacial score (nSPS) is 16.3. The Labute approximate surface area is 151 Å². The Balaban J connectivity index is 1.54. The maximum Gasteiger partial charge on any atom is 0.229 e. The predicted octanol–water partition coefficient (Wildman–Crippen LogP) is 3.38. The van der Waals surface area contributed by atoms with E-state index in [0.29, 0.717) is 13.2 Å². The van der Waals surface area contributed by atoms with Gasteiger partial charge in [0.15, 0.2) is 11.5 Å². The van der Waals surface area contributed by atoms with Crippen LogP contribution in [-0.4, -0.2) is 41.3 Å². The van der Waals surface area contributed by atoms with Gasteiger partial charge in [-0.1, -0.05) is 0 Å². The number of benzene rings is 1. The molecule has 1 aromatic carbocycles. The van der Waals surface area contributed by atoms with Crippen LogP contribution in [0.15, 0.2) is 24.3 Å². The van der Waals surface area contributed by atoms with Gasteiger partial charge >= 0.3 is 0 Å². The fraction of sp³-hybridized carbons (Fsp3) is 0.368. The minimum Gasteiger partial charge on any atom is -0.486 e. The molecule has 2 aliphatic heterocycles. The van der Waals surface area contributed by atoms with Crippen LogP contribution in [0.4, 0.5) is 17.5 Å². The van der Waals surface area contributed by atoms with E-state index in [2.05, 4.69) is 21.3 Å². The molecule has 0 aliphatic carbocycles. The Hall–Kier alpha value is -2.96. The van der Waals surface area contributed by atoms with Crippen molar-refractivity contribution in [2.45, 2.75) is 19.8 Å². The van der Waals surface area contributed by atoms with Gasteiger partial charge in [-0.3, -0.25) is 0 Å². The van der Waals surface area contributed by atoms with E-state index in [1.807, 2.05) is 25.1 Å². The zero-order valence-corrected chi connectivity index (χ0v) is 14.7. The number of nitrogens with one attached hydrogen (secondary N) is 2. The van der Waals surface area contributed by atoms with Crippen molar-refractivity contribution in [3.8, 4) is 11.5 Å². The standard InChI is InChI=1S/C19H21N5O2/c1-12-10-14-17(20-12)22-19(24-6-2-3-7-24)23-18(14)21-13-4-5-15-16(11-13)26-9-8-25-15/h4-5,10-11H,2-3,6-9H2,1H3,(H2,20,21,22,23). The second-order valence-corrected chi connectivity index (χ2v) is 6.76. The Kier molecular flexibility index (Phi) is 3.58. The molecule has 7 heteroatoms. The first-order valence-corrected chi connectivity index (χ1v) is 9.05. The summed E-state index contributed by atoms with van der Waals surface area (Å²) in [6, 6.07) is 7.94. The summed E-state index contributed by atoms with van der Waals surface area (Å²) in [6.07, 6.45) is 2.38. The number of hydrogen-bond acceptors (Lipinski definition) is 6. The first-order valence-electron chi connectivity index (χ1n) is 9.05. The number of anilines is 3. The van der Waals surface area contributed by atoms with Crippen LogP contribution in [0, 0.1) is 6.92 Å². The van der Waals surface area contributed by atoms with Gasteiger partial charge in [0.1, 0.15) is 24.7 Å². The Morgan fingerprint density at radius 3 is 2.69 bits per heavy atom. The van der Waals surface area contributed by atoms with Gasteiger partial charge in [0.05, 0.1) is 5.39 Å². The highest BCUT2D eigenvalue weighted by Crippen LogP contribution is 2.35. The molecular weight excluding hydrogens is 330 g/mol. The number of H-pyrrole nitrogens is 1. The molecule has 1 fully saturated rings. The van der Waals surface area contributed by atoms with Gasteiger partial charge in [-0.2, -0.15) is 9.97 Å². The molecule has 0 radical (unpaired) electrons. The third kappa shape index (κ3) is 2.69. The number of aromatic amines is 1. The molecular formula is C19H21N5O2. The number of hydrogen-bond donors (Lipinski definition) is 2. The highest BCUT2D eigenvalue weighted by Gasteiger charge is 2.19. The number of aryl methyl sites for hydroxylation is 1. The molecule has 2 N–H and O–H groups in total. The topological polar surface area (TPSA) is 75.3 Å². The van der Waals surface area contributed by atoms with Gasteiger partial charge in [0.2, 0.25) is 5.95 Å². The Morgan fingerprint density at radius 2 is 1.85 bits per heavy atom. The molecule has 0 bridgehead atoms. The maximum absolute atomic E-state index is 5.69. The highest BCUT2D eigenvalue weighted by atomic mass is 16.6. The van der Waals surface area contributed by atoms with E-state index >= 15 is 0 Å². The Bertz CT molecular complexity index is 962. The van der Waals surface area contributed by atoms with Crippen molar-refractivity contribution in [1.29, 1.82) is 0 Å². The second-order valence-electron chi connectivity index (χ2n) is 6.76. The molecule has 1 saturated heterocycles. The zero-order valence-electron chi connectivity index (χ0n) is 14.7. The third-order valence-corrected chi connectivity index (χ3v) is 4.80. The SMILES string of the molecule is Cc1cc2c(Nc3ccc4c(c3)OCCO4)nc(N3CCCC3)nc2[nH]1. The van der Waals surface area contributed by atoms with E-state index in [0.717, 1.165) is 58.8 Å². The number of aromatic nitrogens is 3. The molecule has 2 aliphatic rings. The van der Waals surface area contributed by atoms with Gasteiger partial charge in [-0.05, 0) is 38.0 Å². The van der Waals surface area contributed by atoms with Crippen LogP contribution >= 0.6 is 0 Å². The maximum atomic E-state index is 5.69. The second kappa shape index (κ2) is 6.09. The predicted molar refractivity (Wildman–Crippen MR) is 101 cm³/mol. The summed E-state index contributed by atoms with van der Waals surface area (Å²) in [5.41, 5.74) is 2.85. The lowest BCUT2D eigenvalue weighted by molar-refractivity contribution is 0.171. The molecule has 0 spiro atoms. The van der Waals surface area contributed by atoms with Crippen LogP contribution in [0.2, 0.25) is 0 Å². The number of nitrogens with zero attached hydrogens (tertiary/aromatic N) is 3. The number of rotatable bonds is 3. The van der Waals surface area contributed by atoms with Crippen molar-refractivity contribution in [1.82, 2.24) is 15.0 Å². The molecule has 2 aromatic heterocycles. The summed E-state index contributed by atoms with van der Waals surface area (Å²) in [6.45, 7) is 5.22. The van der Waals surface area contributed by atoms with E-state index in [1.165, 1.54) is 12.8 Å². The van der Waals surface area contributed by atoms with Gasteiger partial charge in [0.25, 0.3) is 0 Å². The van der Waals surface area contributed by atoms with Crippen LogP contribution in [-0.2, 0) is 0 Å². The molecule has 4 heterocycles. The van der Waals surface area contributed by atoms with Crippen LogP contribution in [0.25, 0.3) is 11.0 Å². The smallest absolute Gasteiger partial charge is 0.229 e. The van der Waals surface area contributed by atoms with E-state index < -0.39 is 0 Å². The van der Waals surface area contributed by atoms with Gasteiger partial charge < -0.3 is 24.7 Å². The van der Waals surface area contributed by atoms with E-state index in [1.54, 1.807) is 0 Å². The summed E-state index contributed by atoms with van der Waals surface area (Å²) in [4.78, 5) is 15.1. The molecule has 3 aromatic rings. The molecule has 0 atom stereocenters. The summed E-state index contributed by atoms with van der Waals surface area (Å²) in [5, 5.41) is 4.43. The fourth-order valence-corrected chi connectivity index (χ4v) is 3.54. The average Bonchev–Trinajstić information content (AvgIpc) is 3.30. The summed E-state index contributed by atoms with van der Waals surface area (Å²) in [5.74, 6) is 3.12. The van der Waals surface area contributed by atoms with E-state index in [4.69, 9.17) is 19.4 Å². The summed E-state index contributed by atoms with van der Waals surface area (Å²) < 4.78 is 11.3. The minimum atomic E-state index is 0.574. The van der Waals surface area contributed by atoms with Crippen molar-refractivity contribution in [2.75, 3.05) is 36.5 Å². The number of fused-ring (bicyclic) bond motifs is 2. The molecule has 0 unspecified atom stereocenters. The van der Waals surface area contributed by atoms with Gasteiger partial charge in [-0.25, -0.2) is 0 Å². The average molecular weight is 351 g/mol. The molecule has 0 saturated carbocycles. The Morgan fingerprint density at radius 1 is 1.04 bits per heavy atom. The largest absolute Gasteiger partial charge is 0.486 e. The summed E-state index contributed by atoms with van der Waals surface area (Å²) >= 11 is 0. The minimum absolute atomic E-state index is 0.574. The quantitative estimate of drug-likeness (QED) is 0.753. The van der Waals surface area contributed by atoms with Gasteiger partial charge in [-0.15, -0.1) is 0 Å². The van der Waals surface area contributed by atoms with E-state index in [9.17, 15) is 0 Å². The monoisotopic (exact) mass is 351 g/mol. The number of ether oxygens (including phenoxy) is 2. The fourth-order valence-electron chi connectivity index (χ4n) is 3.54. The molecule has 5 rings (SSSR count). The van der Waals surface area contributed by atoms with Crippen molar-refractivity contribution >= 4 is 28.5 Å². The lowest BCUT2D eigenvalue weighted by Crippen LogP contribution is -2.20. The van der Waals surface area contributed by atoms with Gasteiger partial charge in [0, 0.05) is 30.5 Å². The lowest BCUT2D eigenvalue weighted by atomic mass is 10.2.